The minimum Gasteiger partial charge on any atom is -0.331 e. The summed E-state index contributed by atoms with van der Waals surface area (Å²) in [4.78, 5) is 22.8. The Balaban J connectivity index is 1.41. The summed E-state index contributed by atoms with van der Waals surface area (Å²) in [5.74, 6) is 5.77. The maximum absolute atomic E-state index is 13.1. The van der Waals surface area contributed by atoms with Crippen LogP contribution in [0.2, 0.25) is 0 Å². The Labute approximate surface area is 186 Å². The highest BCUT2D eigenvalue weighted by Gasteiger charge is 2.36. The highest BCUT2D eigenvalue weighted by molar-refractivity contribution is 7.92. The Hall–Kier alpha value is -3.70. The summed E-state index contributed by atoms with van der Waals surface area (Å²) in [7, 11) is -3.86. The molecule has 2 aromatic carbocycles. The number of nitrogens with zero attached hydrogens (tertiary/aromatic N) is 3. The van der Waals surface area contributed by atoms with Gasteiger partial charge in [-0.05, 0) is 55.5 Å². The smallest absolute Gasteiger partial charge is 0.261 e. The number of fused-ring (bicyclic) bond motifs is 1. The van der Waals surface area contributed by atoms with Crippen molar-refractivity contribution >= 4 is 21.6 Å². The summed E-state index contributed by atoms with van der Waals surface area (Å²) in [6, 6.07) is 11.8. The lowest BCUT2D eigenvalue weighted by molar-refractivity contribution is 0.0606. The fourth-order valence-electron chi connectivity index (χ4n) is 3.89. The number of rotatable bonds is 4. The van der Waals surface area contributed by atoms with Crippen molar-refractivity contribution in [2.45, 2.75) is 36.7 Å². The SMILES string of the molecule is O=C1c2cccc(NS(=O)(=O)c3cccc(C#Cc4cnccn4)c3)c2CN1C1CCC1. The standard InChI is InChI=1S/C24H20N4O3S/c29-24-21-8-3-9-23(22(21)16-28(24)19-5-2-6-19)27-32(30,31)20-7-1-4-17(14-20)10-11-18-15-25-12-13-26-18/h1,3-4,7-9,12-15,19,27H,2,5-6,16H2. The molecule has 1 fully saturated rings. The molecule has 1 aliphatic heterocycles. The number of nitrogens with one attached hydrogen (secondary N) is 1. The predicted molar refractivity (Wildman–Crippen MR) is 119 cm³/mol. The molecule has 3 aromatic rings. The molecular formula is C24H20N4O3S. The Morgan fingerprint density at radius 3 is 2.66 bits per heavy atom. The van der Waals surface area contributed by atoms with Crippen molar-refractivity contribution < 1.29 is 13.2 Å². The average Bonchev–Trinajstić information content (AvgIpc) is 3.09. The molecule has 0 bridgehead atoms. The largest absolute Gasteiger partial charge is 0.331 e. The monoisotopic (exact) mass is 444 g/mol. The van der Waals surface area contributed by atoms with Gasteiger partial charge in [-0.2, -0.15) is 0 Å². The third-order valence-corrected chi connectivity index (χ3v) is 7.16. The van der Waals surface area contributed by atoms with Crippen LogP contribution in [0.5, 0.6) is 0 Å². The molecule has 1 aliphatic carbocycles. The molecule has 1 amide bonds. The summed E-state index contributed by atoms with van der Waals surface area (Å²) < 4.78 is 28.9. The molecule has 0 atom stereocenters. The summed E-state index contributed by atoms with van der Waals surface area (Å²) in [5, 5.41) is 0. The molecule has 32 heavy (non-hydrogen) atoms. The number of aromatic nitrogens is 2. The number of carbonyl (C=O) groups excluding carboxylic acids is 1. The Kier molecular flexibility index (Phi) is 5.11. The first kappa shape index (κ1) is 20.2. The van der Waals surface area contributed by atoms with E-state index in [0.29, 0.717) is 29.1 Å². The van der Waals surface area contributed by atoms with Gasteiger partial charge >= 0.3 is 0 Å². The van der Waals surface area contributed by atoms with Crippen molar-refractivity contribution in [3.63, 3.8) is 0 Å². The molecule has 2 aliphatic rings. The first-order chi connectivity index (χ1) is 15.5. The van der Waals surface area contributed by atoms with E-state index >= 15 is 0 Å². The Morgan fingerprint density at radius 1 is 1.06 bits per heavy atom. The quantitative estimate of drug-likeness (QED) is 0.624. The van der Waals surface area contributed by atoms with Gasteiger partial charge in [-0.1, -0.05) is 18.1 Å². The van der Waals surface area contributed by atoms with E-state index in [-0.39, 0.29) is 16.8 Å². The van der Waals surface area contributed by atoms with Crippen LogP contribution in [-0.2, 0) is 16.6 Å². The second kappa shape index (κ2) is 8.09. The van der Waals surface area contributed by atoms with E-state index in [1.165, 1.54) is 12.1 Å². The topological polar surface area (TPSA) is 92.3 Å². The molecule has 1 saturated carbocycles. The molecule has 7 nitrogen and oxygen atoms in total. The van der Waals surface area contributed by atoms with Gasteiger partial charge < -0.3 is 4.90 Å². The van der Waals surface area contributed by atoms with Crippen LogP contribution >= 0.6 is 0 Å². The van der Waals surface area contributed by atoms with Gasteiger partial charge in [0.2, 0.25) is 0 Å². The van der Waals surface area contributed by atoms with Crippen molar-refractivity contribution in [2.24, 2.45) is 0 Å². The van der Waals surface area contributed by atoms with Crippen LogP contribution in [0.3, 0.4) is 0 Å². The third-order valence-electron chi connectivity index (χ3n) is 5.80. The lowest BCUT2D eigenvalue weighted by Crippen LogP contribution is -2.40. The molecule has 0 unspecified atom stereocenters. The number of sulfonamides is 1. The van der Waals surface area contributed by atoms with E-state index in [2.05, 4.69) is 26.5 Å². The maximum atomic E-state index is 13.1. The molecule has 1 N–H and O–H groups in total. The van der Waals surface area contributed by atoms with Crippen LogP contribution in [-0.4, -0.2) is 35.2 Å². The van der Waals surface area contributed by atoms with Crippen LogP contribution in [0.1, 0.15) is 46.4 Å². The van der Waals surface area contributed by atoms with Crippen LogP contribution in [0.15, 0.2) is 66.0 Å². The number of anilines is 1. The van der Waals surface area contributed by atoms with Crippen LogP contribution in [0.25, 0.3) is 0 Å². The second-order valence-electron chi connectivity index (χ2n) is 7.82. The van der Waals surface area contributed by atoms with Crippen LogP contribution in [0, 0.1) is 11.8 Å². The number of amides is 1. The summed E-state index contributed by atoms with van der Waals surface area (Å²) in [6.45, 7) is 0.432. The number of hydrogen-bond acceptors (Lipinski definition) is 5. The van der Waals surface area contributed by atoms with Gasteiger partial charge in [0.25, 0.3) is 15.9 Å². The van der Waals surface area contributed by atoms with Crippen molar-refractivity contribution in [3.05, 3.63) is 83.4 Å². The Bertz CT molecular complexity index is 1360. The highest BCUT2D eigenvalue weighted by atomic mass is 32.2. The van der Waals surface area contributed by atoms with E-state index in [1.54, 1.807) is 48.9 Å². The minimum absolute atomic E-state index is 0.0213. The predicted octanol–water partition coefficient (Wildman–Crippen LogP) is 3.19. The summed E-state index contributed by atoms with van der Waals surface area (Å²) in [6.07, 6.45) is 7.78. The average molecular weight is 445 g/mol. The zero-order valence-electron chi connectivity index (χ0n) is 17.2. The molecule has 160 valence electrons. The van der Waals surface area contributed by atoms with Gasteiger partial charge in [0.05, 0.1) is 16.8 Å². The zero-order valence-corrected chi connectivity index (χ0v) is 18.0. The first-order valence-electron chi connectivity index (χ1n) is 10.3. The summed E-state index contributed by atoms with van der Waals surface area (Å²) in [5.41, 5.74) is 2.78. The van der Waals surface area contributed by atoms with Crippen LogP contribution in [0.4, 0.5) is 5.69 Å². The van der Waals surface area contributed by atoms with Gasteiger partial charge in [0, 0.05) is 41.7 Å². The van der Waals surface area contributed by atoms with E-state index in [4.69, 9.17) is 0 Å². The zero-order chi connectivity index (χ0) is 22.1. The lowest BCUT2D eigenvalue weighted by Gasteiger charge is -2.34. The first-order valence-corrected chi connectivity index (χ1v) is 11.8. The van der Waals surface area contributed by atoms with Crippen molar-refractivity contribution in [2.75, 3.05) is 4.72 Å². The van der Waals surface area contributed by atoms with Crippen molar-refractivity contribution in [3.8, 4) is 11.8 Å². The molecule has 0 radical (unpaired) electrons. The van der Waals surface area contributed by atoms with Gasteiger partial charge in [-0.15, -0.1) is 0 Å². The molecule has 1 aromatic heterocycles. The molecule has 0 spiro atoms. The van der Waals surface area contributed by atoms with Gasteiger partial charge in [0.1, 0.15) is 5.69 Å². The molecule has 8 heteroatoms. The molecule has 0 saturated heterocycles. The molecular weight excluding hydrogens is 424 g/mol. The van der Waals surface area contributed by atoms with E-state index in [1.807, 2.05) is 4.90 Å². The van der Waals surface area contributed by atoms with Gasteiger partial charge in [-0.3, -0.25) is 14.5 Å². The Morgan fingerprint density at radius 2 is 1.91 bits per heavy atom. The maximum Gasteiger partial charge on any atom is 0.261 e. The van der Waals surface area contributed by atoms with Gasteiger partial charge in [0.15, 0.2) is 0 Å². The van der Waals surface area contributed by atoms with E-state index in [9.17, 15) is 13.2 Å². The van der Waals surface area contributed by atoms with E-state index < -0.39 is 10.0 Å². The third kappa shape index (κ3) is 3.83. The van der Waals surface area contributed by atoms with Crippen molar-refractivity contribution in [1.82, 2.24) is 14.9 Å². The highest BCUT2D eigenvalue weighted by Crippen LogP contribution is 2.36. The number of hydrogen-bond donors (Lipinski definition) is 1. The second-order valence-corrected chi connectivity index (χ2v) is 9.51. The van der Waals surface area contributed by atoms with Gasteiger partial charge in [-0.25, -0.2) is 13.4 Å². The number of benzene rings is 2. The fourth-order valence-corrected chi connectivity index (χ4v) is 5.03. The molecule has 5 rings (SSSR count). The fraction of sp³-hybridized carbons (Fsp3) is 0.208. The summed E-state index contributed by atoms with van der Waals surface area (Å²) >= 11 is 0. The van der Waals surface area contributed by atoms with E-state index in [0.717, 1.165) is 24.8 Å². The van der Waals surface area contributed by atoms with Crippen LogP contribution < -0.4 is 4.72 Å². The minimum atomic E-state index is -3.86. The number of carbonyl (C=O) groups is 1. The lowest BCUT2D eigenvalue weighted by atomic mass is 9.92. The normalized spacial score (nSPS) is 15.5. The van der Waals surface area contributed by atoms with Crippen molar-refractivity contribution in [1.29, 1.82) is 0 Å². The molecule has 2 heterocycles.